The standard InChI is InChI=1S/C22H21ClF5N3O2/c1-12(22(26,27)28)33-19-11-18(29-13(2)31-8-3-4-9-31)17(25)10-14(19)21(32)30-20-15(23)6-5-7-16(20)24/h5-7,10-12,29H,2-4,8-9H2,1H3,(H,30,32)/t12-/m0/s1. The van der Waals surface area contributed by atoms with Crippen LogP contribution in [0.1, 0.15) is 30.1 Å². The van der Waals surface area contributed by atoms with Gasteiger partial charge in [0.05, 0.1) is 27.8 Å². The minimum atomic E-state index is -4.75. The summed E-state index contributed by atoms with van der Waals surface area (Å²) in [5, 5.41) is 4.74. The molecule has 1 heterocycles. The van der Waals surface area contributed by atoms with Crippen LogP contribution in [0.3, 0.4) is 0 Å². The molecule has 2 aromatic carbocycles. The van der Waals surface area contributed by atoms with E-state index in [4.69, 9.17) is 16.3 Å². The minimum absolute atomic E-state index is 0.143. The smallest absolute Gasteiger partial charge is 0.425 e. The first-order valence-corrected chi connectivity index (χ1v) is 10.4. The summed E-state index contributed by atoms with van der Waals surface area (Å²) in [6.45, 7) is 5.97. The van der Waals surface area contributed by atoms with E-state index >= 15 is 0 Å². The molecule has 1 fully saturated rings. The predicted octanol–water partition coefficient (Wildman–Crippen LogP) is 6.18. The fraction of sp³-hybridized carbons (Fsp3) is 0.318. The number of alkyl halides is 3. The Bertz CT molecular complexity index is 1030. The lowest BCUT2D eigenvalue weighted by Crippen LogP contribution is -2.32. The average Bonchev–Trinajstić information content (AvgIpc) is 3.27. The summed E-state index contributed by atoms with van der Waals surface area (Å²) in [5.74, 6) is -3.11. The molecule has 33 heavy (non-hydrogen) atoms. The Labute approximate surface area is 192 Å². The number of benzene rings is 2. The number of hydrogen-bond donors (Lipinski definition) is 2. The van der Waals surface area contributed by atoms with Crippen molar-refractivity contribution in [3.63, 3.8) is 0 Å². The van der Waals surface area contributed by atoms with Gasteiger partial charge < -0.3 is 20.3 Å². The third-order valence-corrected chi connectivity index (χ3v) is 5.36. The molecule has 178 valence electrons. The maximum absolute atomic E-state index is 14.8. The minimum Gasteiger partial charge on any atom is -0.480 e. The summed E-state index contributed by atoms with van der Waals surface area (Å²) < 4.78 is 73.2. The van der Waals surface area contributed by atoms with Crippen LogP contribution < -0.4 is 15.4 Å². The van der Waals surface area contributed by atoms with Gasteiger partial charge in [-0.2, -0.15) is 13.2 Å². The molecule has 5 nitrogen and oxygen atoms in total. The molecular weight excluding hydrogens is 469 g/mol. The summed E-state index contributed by atoms with van der Waals surface area (Å²) in [6, 6.07) is 5.29. The molecule has 1 atom stereocenters. The van der Waals surface area contributed by atoms with Crippen LogP contribution in [0.4, 0.5) is 33.3 Å². The number of rotatable bonds is 7. The second-order valence-corrected chi connectivity index (χ2v) is 7.85. The molecular formula is C22H21ClF5N3O2. The number of ether oxygens (including phenoxy) is 1. The molecule has 1 amide bonds. The zero-order chi connectivity index (χ0) is 24.3. The van der Waals surface area contributed by atoms with Gasteiger partial charge in [0.2, 0.25) is 0 Å². The van der Waals surface area contributed by atoms with Gasteiger partial charge in [-0.25, -0.2) is 8.78 Å². The third kappa shape index (κ3) is 5.87. The Hall–Kier alpha value is -3.01. The molecule has 2 aromatic rings. The number of anilines is 2. The van der Waals surface area contributed by atoms with Crippen LogP contribution in [0.15, 0.2) is 42.7 Å². The number of halogens is 6. The van der Waals surface area contributed by atoms with Gasteiger partial charge in [0.15, 0.2) is 6.10 Å². The molecule has 0 radical (unpaired) electrons. The Morgan fingerprint density at radius 2 is 1.82 bits per heavy atom. The average molecular weight is 490 g/mol. The molecule has 11 heteroatoms. The Morgan fingerprint density at radius 3 is 2.42 bits per heavy atom. The number of carbonyl (C=O) groups excluding carboxylic acids is 1. The highest BCUT2D eigenvalue weighted by Gasteiger charge is 2.39. The SMILES string of the molecule is C=C(Nc1cc(O[C@@H](C)C(F)(F)F)c(C(=O)Nc2c(F)cccc2Cl)cc1F)N1CCCC1. The maximum atomic E-state index is 14.8. The highest BCUT2D eigenvalue weighted by Crippen LogP contribution is 2.33. The second-order valence-electron chi connectivity index (χ2n) is 7.45. The number of hydrogen-bond acceptors (Lipinski definition) is 4. The second kappa shape index (κ2) is 9.86. The molecule has 1 saturated heterocycles. The van der Waals surface area contributed by atoms with Crippen LogP contribution in [0.25, 0.3) is 0 Å². The van der Waals surface area contributed by atoms with Gasteiger partial charge in [-0.05, 0) is 38.0 Å². The lowest BCUT2D eigenvalue weighted by atomic mass is 10.1. The summed E-state index contributed by atoms with van der Waals surface area (Å²) in [4.78, 5) is 14.6. The van der Waals surface area contributed by atoms with Crippen LogP contribution in [0.2, 0.25) is 5.02 Å². The van der Waals surface area contributed by atoms with Crippen molar-refractivity contribution in [2.45, 2.75) is 32.0 Å². The van der Waals surface area contributed by atoms with E-state index in [1.54, 1.807) is 0 Å². The van der Waals surface area contributed by atoms with Crippen molar-refractivity contribution in [2.24, 2.45) is 0 Å². The number of carbonyl (C=O) groups is 1. The molecule has 1 aliphatic rings. The molecule has 3 rings (SSSR count). The van der Waals surface area contributed by atoms with Crippen molar-refractivity contribution in [1.29, 1.82) is 0 Å². The van der Waals surface area contributed by atoms with Gasteiger partial charge in [-0.3, -0.25) is 4.79 Å². The van der Waals surface area contributed by atoms with E-state index in [0.717, 1.165) is 31.9 Å². The number of nitrogens with one attached hydrogen (secondary N) is 2. The Kier molecular flexibility index (Phi) is 7.36. The van der Waals surface area contributed by atoms with Crippen LogP contribution in [0, 0.1) is 11.6 Å². The molecule has 2 N–H and O–H groups in total. The maximum Gasteiger partial charge on any atom is 0.425 e. The van der Waals surface area contributed by atoms with Crippen molar-refractivity contribution in [1.82, 2.24) is 4.90 Å². The zero-order valence-corrected chi connectivity index (χ0v) is 18.3. The van der Waals surface area contributed by atoms with Crippen molar-refractivity contribution in [3.05, 3.63) is 65.0 Å². The first kappa shape index (κ1) is 24.6. The van der Waals surface area contributed by atoms with Gasteiger partial charge in [-0.15, -0.1) is 0 Å². The van der Waals surface area contributed by atoms with Gasteiger partial charge in [0.1, 0.15) is 17.4 Å². The van der Waals surface area contributed by atoms with Gasteiger partial charge in [0.25, 0.3) is 5.91 Å². The van der Waals surface area contributed by atoms with E-state index in [2.05, 4.69) is 17.2 Å². The van der Waals surface area contributed by atoms with E-state index in [1.165, 1.54) is 12.1 Å². The number of para-hydroxylation sites is 1. The van der Waals surface area contributed by atoms with Crippen molar-refractivity contribution in [2.75, 3.05) is 23.7 Å². The lowest BCUT2D eigenvalue weighted by Gasteiger charge is -2.24. The van der Waals surface area contributed by atoms with Gasteiger partial charge in [0, 0.05) is 19.2 Å². The summed E-state index contributed by atoms with van der Waals surface area (Å²) in [5.41, 5.74) is -1.19. The topological polar surface area (TPSA) is 53.6 Å². The highest BCUT2D eigenvalue weighted by atomic mass is 35.5. The van der Waals surface area contributed by atoms with Gasteiger partial charge >= 0.3 is 6.18 Å². The van der Waals surface area contributed by atoms with E-state index in [1.807, 2.05) is 4.90 Å². The first-order chi connectivity index (χ1) is 15.5. The molecule has 1 aliphatic heterocycles. The molecule has 0 unspecified atom stereocenters. The van der Waals surface area contributed by atoms with E-state index in [-0.39, 0.29) is 10.7 Å². The van der Waals surface area contributed by atoms with Crippen molar-refractivity contribution < 1.29 is 31.5 Å². The van der Waals surface area contributed by atoms with Crippen LogP contribution in [-0.4, -0.2) is 36.2 Å². The molecule has 0 bridgehead atoms. The molecule has 0 saturated carbocycles. The normalized spacial score (nSPS) is 14.7. The van der Waals surface area contributed by atoms with E-state index < -0.39 is 46.8 Å². The van der Waals surface area contributed by atoms with Crippen molar-refractivity contribution >= 4 is 28.9 Å². The van der Waals surface area contributed by atoms with Gasteiger partial charge in [-0.1, -0.05) is 24.2 Å². The summed E-state index contributed by atoms with van der Waals surface area (Å²) in [7, 11) is 0. The van der Waals surface area contributed by atoms with E-state index in [9.17, 15) is 26.7 Å². The summed E-state index contributed by atoms with van der Waals surface area (Å²) >= 11 is 5.89. The van der Waals surface area contributed by atoms with Crippen molar-refractivity contribution in [3.8, 4) is 5.75 Å². The summed E-state index contributed by atoms with van der Waals surface area (Å²) in [6.07, 6.45) is -5.19. The molecule has 0 aromatic heterocycles. The quantitative estimate of drug-likeness (QED) is 0.456. The molecule has 0 spiro atoms. The fourth-order valence-corrected chi connectivity index (χ4v) is 3.41. The molecule has 0 aliphatic carbocycles. The highest BCUT2D eigenvalue weighted by molar-refractivity contribution is 6.34. The monoisotopic (exact) mass is 489 g/mol. The predicted molar refractivity (Wildman–Crippen MR) is 115 cm³/mol. The van der Waals surface area contributed by atoms with Crippen LogP contribution in [-0.2, 0) is 0 Å². The number of amides is 1. The number of nitrogens with zero attached hydrogens (tertiary/aromatic N) is 1. The largest absolute Gasteiger partial charge is 0.480 e. The van der Waals surface area contributed by atoms with Crippen LogP contribution >= 0.6 is 11.6 Å². The third-order valence-electron chi connectivity index (χ3n) is 5.05. The van der Waals surface area contributed by atoms with E-state index in [0.29, 0.717) is 25.0 Å². The Morgan fingerprint density at radius 1 is 1.15 bits per heavy atom. The Balaban J connectivity index is 1.95. The first-order valence-electron chi connectivity index (χ1n) is 10.0. The fourth-order valence-electron chi connectivity index (χ4n) is 3.20. The zero-order valence-electron chi connectivity index (χ0n) is 17.5. The number of likely N-dealkylation sites (tertiary alicyclic amines) is 1. The van der Waals surface area contributed by atoms with Crippen LogP contribution in [0.5, 0.6) is 5.75 Å². The lowest BCUT2D eigenvalue weighted by molar-refractivity contribution is -0.189.